The lowest BCUT2D eigenvalue weighted by molar-refractivity contribution is 0.331. The van der Waals surface area contributed by atoms with Crippen LogP contribution in [0.1, 0.15) is 59.9 Å². The highest BCUT2D eigenvalue weighted by Gasteiger charge is 2.21. The summed E-state index contributed by atoms with van der Waals surface area (Å²) in [6.45, 7) is 3.62. The van der Waals surface area contributed by atoms with Gasteiger partial charge in [0.15, 0.2) is 0 Å². The van der Waals surface area contributed by atoms with Crippen LogP contribution < -0.4 is 0 Å². The van der Waals surface area contributed by atoms with Crippen molar-refractivity contribution in [3.63, 3.8) is 0 Å². The van der Waals surface area contributed by atoms with Crippen molar-refractivity contribution in [2.75, 3.05) is 13.1 Å². The van der Waals surface area contributed by atoms with Crippen molar-refractivity contribution < 1.29 is 0 Å². The maximum absolute atomic E-state index is 2.58. The third kappa shape index (κ3) is 3.66. The minimum atomic E-state index is 1.01. The molecule has 0 saturated carbocycles. The number of rotatable bonds is 4. The summed E-state index contributed by atoms with van der Waals surface area (Å²) in [5.41, 5.74) is 10.6. The van der Waals surface area contributed by atoms with Gasteiger partial charge < -0.3 is 0 Å². The number of allylic oxidation sites excluding steroid dienone is 4. The van der Waals surface area contributed by atoms with E-state index in [0.29, 0.717) is 0 Å². The zero-order chi connectivity index (χ0) is 20.6. The van der Waals surface area contributed by atoms with Gasteiger partial charge in [-0.1, -0.05) is 72.3 Å². The second kappa shape index (κ2) is 8.13. The molecule has 3 aliphatic rings. The highest BCUT2D eigenvalue weighted by atomic mass is 15.1. The minimum Gasteiger partial charge on any atom is -0.299 e. The number of hydrogen-bond acceptors (Lipinski definition) is 1. The summed E-state index contributed by atoms with van der Waals surface area (Å²) in [6, 6.07) is 21.0. The van der Waals surface area contributed by atoms with E-state index in [9.17, 15) is 0 Å². The fraction of sp³-hybridized carbons (Fsp3) is 0.333. The fourth-order valence-electron chi connectivity index (χ4n) is 5.90. The van der Waals surface area contributed by atoms with Crippen LogP contribution in [0.4, 0.5) is 0 Å². The molecule has 1 saturated heterocycles. The molecular weight excluding hydrogens is 374 g/mol. The molecule has 0 unspecified atom stereocenters. The molecule has 31 heavy (non-hydrogen) atoms. The smallest absolute Gasteiger partial charge is 0.0233 e. The topological polar surface area (TPSA) is 3.24 Å². The molecule has 156 valence electrons. The molecule has 2 aliphatic carbocycles. The van der Waals surface area contributed by atoms with Crippen LogP contribution >= 0.6 is 0 Å². The van der Waals surface area contributed by atoms with E-state index < -0.39 is 0 Å². The van der Waals surface area contributed by atoms with Gasteiger partial charge in [0, 0.05) is 6.54 Å². The van der Waals surface area contributed by atoms with Gasteiger partial charge in [-0.25, -0.2) is 0 Å². The van der Waals surface area contributed by atoms with Crippen LogP contribution in [-0.4, -0.2) is 18.0 Å². The van der Waals surface area contributed by atoms with Crippen LogP contribution in [0, 0.1) is 0 Å². The monoisotopic (exact) mass is 405 g/mol. The first-order valence-corrected chi connectivity index (χ1v) is 12.1. The van der Waals surface area contributed by atoms with Crippen molar-refractivity contribution in [2.45, 2.75) is 51.5 Å². The predicted octanol–water partition coefficient (Wildman–Crippen LogP) is 7.08. The normalized spacial score (nSPS) is 18.5. The van der Waals surface area contributed by atoms with E-state index in [1.807, 2.05) is 0 Å². The maximum atomic E-state index is 2.58. The van der Waals surface area contributed by atoms with Crippen molar-refractivity contribution >= 4 is 16.3 Å². The van der Waals surface area contributed by atoms with Gasteiger partial charge in [0.25, 0.3) is 0 Å². The molecule has 0 amide bonds. The minimum absolute atomic E-state index is 1.01. The average molecular weight is 406 g/mol. The Balaban J connectivity index is 1.33. The molecule has 0 bridgehead atoms. The average Bonchev–Trinajstić information content (AvgIpc) is 3.33. The van der Waals surface area contributed by atoms with Crippen LogP contribution in [0.25, 0.3) is 16.3 Å². The molecule has 0 N–H and O–H groups in total. The summed E-state index contributed by atoms with van der Waals surface area (Å²) >= 11 is 0. The lowest BCUT2D eigenvalue weighted by Crippen LogP contribution is -2.18. The van der Waals surface area contributed by atoms with Crippen LogP contribution in [-0.2, 0) is 19.4 Å². The van der Waals surface area contributed by atoms with Crippen LogP contribution in [0.15, 0.2) is 72.3 Å². The van der Waals surface area contributed by atoms with Crippen molar-refractivity contribution in [3.05, 3.63) is 100 Å². The van der Waals surface area contributed by atoms with E-state index in [1.165, 1.54) is 90.2 Å². The van der Waals surface area contributed by atoms with E-state index in [-0.39, 0.29) is 0 Å². The molecule has 3 aromatic carbocycles. The lowest BCUT2D eigenvalue weighted by Gasteiger charge is -2.26. The highest BCUT2D eigenvalue weighted by molar-refractivity contribution is 5.96. The van der Waals surface area contributed by atoms with Gasteiger partial charge in [0.2, 0.25) is 0 Å². The maximum Gasteiger partial charge on any atom is 0.0233 e. The second-order valence-corrected chi connectivity index (χ2v) is 9.54. The molecule has 6 rings (SSSR count). The van der Waals surface area contributed by atoms with Crippen LogP contribution in [0.2, 0.25) is 0 Å². The Morgan fingerprint density at radius 1 is 0.774 bits per heavy atom. The number of nitrogens with zero attached hydrogens (tertiary/aromatic N) is 1. The second-order valence-electron chi connectivity index (χ2n) is 9.54. The number of hydrogen-bond donors (Lipinski definition) is 0. The molecule has 0 aromatic heterocycles. The van der Waals surface area contributed by atoms with Crippen molar-refractivity contribution in [1.82, 2.24) is 4.90 Å². The van der Waals surface area contributed by atoms with Crippen LogP contribution in [0.3, 0.4) is 0 Å². The first kappa shape index (κ1) is 19.1. The van der Waals surface area contributed by atoms with Crippen molar-refractivity contribution in [1.29, 1.82) is 0 Å². The van der Waals surface area contributed by atoms with E-state index in [1.54, 1.807) is 11.1 Å². The van der Waals surface area contributed by atoms with E-state index >= 15 is 0 Å². The number of fused-ring (bicyclic) bond motifs is 4. The molecular formula is C30H31N. The van der Waals surface area contributed by atoms with E-state index in [4.69, 9.17) is 0 Å². The molecule has 1 aliphatic heterocycles. The first-order chi connectivity index (χ1) is 15.3. The summed E-state index contributed by atoms with van der Waals surface area (Å²) in [7, 11) is 0. The highest BCUT2D eigenvalue weighted by Crippen LogP contribution is 2.41. The molecule has 1 heteroatoms. The van der Waals surface area contributed by atoms with Gasteiger partial charge >= 0.3 is 0 Å². The molecule has 1 heterocycles. The first-order valence-electron chi connectivity index (χ1n) is 12.1. The predicted molar refractivity (Wildman–Crippen MR) is 131 cm³/mol. The standard InChI is InChI=1S/C30H31N/c1-2-9-27-24(6-1)14-17-29-28(27)16-15-25-7-5-8-26(30(25)29)20-22-10-12-23(13-11-22)21-31-18-3-4-19-31/h2,5,7-13,15-16H,1,3-4,6,14,17-21H2. The van der Waals surface area contributed by atoms with Crippen molar-refractivity contribution in [2.24, 2.45) is 0 Å². The lowest BCUT2D eigenvalue weighted by atomic mass is 9.78. The largest absolute Gasteiger partial charge is 0.299 e. The van der Waals surface area contributed by atoms with E-state index in [0.717, 1.165) is 13.0 Å². The van der Waals surface area contributed by atoms with Gasteiger partial charge in [0.1, 0.15) is 0 Å². The summed E-state index contributed by atoms with van der Waals surface area (Å²) < 4.78 is 0. The van der Waals surface area contributed by atoms with Gasteiger partial charge in [-0.3, -0.25) is 4.90 Å². The third-order valence-electron chi connectivity index (χ3n) is 7.51. The van der Waals surface area contributed by atoms with Gasteiger partial charge in [-0.05, 0) is 102 Å². The van der Waals surface area contributed by atoms with Crippen LogP contribution in [0.5, 0.6) is 0 Å². The molecule has 1 fully saturated rings. The Kier molecular flexibility index (Phi) is 5.00. The van der Waals surface area contributed by atoms with E-state index in [2.05, 4.69) is 71.6 Å². The van der Waals surface area contributed by atoms with Gasteiger partial charge in [-0.2, -0.15) is 0 Å². The van der Waals surface area contributed by atoms with Crippen molar-refractivity contribution in [3.8, 4) is 0 Å². The summed E-state index contributed by atoms with van der Waals surface area (Å²) in [6.07, 6.45) is 13.3. The Morgan fingerprint density at radius 3 is 2.48 bits per heavy atom. The third-order valence-corrected chi connectivity index (χ3v) is 7.51. The zero-order valence-corrected chi connectivity index (χ0v) is 18.4. The molecule has 3 aromatic rings. The number of benzene rings is 3. The Labute approximate surface area is 186 Å². The molecule has 0 radical (unpaired) electrons. The Morgan fingerprint density at radius 2 is 1.61 bits per heavy atom. The van der Waals surface area contributed by atoms with Gasteiger partial charge in [-0.15, -0.1) is 0 Å². The zero-order valence-electron chi connectivity index (χ0n) is 18.4. The summed E-state index contributed by atoms with van der Waals surface area (Å²) in [5, 5.41) is 2.90. The number of likely N-dealkylation sites (tertiary alicyclic amines) is 1. The molecule has 0 atom stereocenters. The molecule has 1 nitrogen and oxygen atoms in total. The quantitative estimate of drug-likeness (QED) is 0.448. The fourth-order valence-corrected chi connectivity index (χ4v) is 5.90. The summed E-state index contributed by atoms with van der Waals surface area (Å²) in [5.74, 6) is 0. The Hall–Kier alpha value is -2.64. The molecule has 0 spiro atoms. The number of aryl methyl sites for hydroxylation is 1. The Bertz CT molecular complexity index is 1170. The SMILES string of the molecule is C1=CC2=C(CC1)CCc1c2ccc2cccc(Cc3ccc(CN4CCCC4)cc3)c12. The van der Waals surface area contributed by atoms with Gasteiger partial charge in [0.05, 0.1) is 0 Å². The summed E-state index contributed by atoms with van der Waals surface area (Å²) in [4.78, 5) is 2.58.